The molecule has 1 aromatic carbocycles. The van der Waals surface area contributed by atoms with E-state index in [0.717, 1.165) is 0 Å². The van der Waals surface area contributed by atoms with E-state index in [4.69, 9.17) is 11.6 Å². The third-order valence-corrected chi connectivity index (χ3v) is 8.87. The van der Waals surface area contributed by atoms with Crippen LogP contribution in [0.15, 0.2) is 23.1 Å². The number of halogens is 1. The van der Waals surface area contributed by atoms with Crippen molar-refractivity contribution < 1.29 is 21.6 Å². The third kappa shape index (κ3) is 4.39. The molecule has 0 bridgehead atoms. The van der Waals surface area contributed by atoms with Crippen LogP contribution in [0.1, 0.15) is 37.6 Å². The van der Waals surface area contributed by atoms with Gasteiger partial charge in [0, 0.05) is 18.7 Å². The molecule has 1 heterocycles. The first-order chi connectivity index (χ1) is 11.9. The summed E-state index contributed by atoms with van der Waals surface area (Å²) < 4.78 is 50.0. The van der Waals surface area contributed by atoms with Crippen molar-refractivity contribution in [2.45, 2.75) is 37.6 Å². The van der Waals surface area contributed by atoms with Gasteiger partial charge in [-0.15, -0.1) is 0 Å². The molecular weight excluding hydrogens is 400 g/mol. The molecule has 1 atom stereocenters. The minimum atomic E-state index is -3.82. The van der Waals surface area contributed by atoms with Crippen LogP contribution in [-0.2, 0) is 19.9 Å². The lowest BCUT2D eigenvalue weighted by Crippen LogP contribution is -2.47. The first kappa shape index (κ1) is 21.1. The smallest absolute Gasteiger partial charge is 0.251 e. The van der Waals surface area contributed by atoms with Crippen LogP contribution in [0, 0.1) is 0 Å². The maximum atomic E-state index is 12.7. The van der Waals surface area contributed by atoms with Crippen molar-refractivity contribution in [2.75, 3.05) is 24.6 Å². The Labute approximate surface area is 159 Å². The zero-order valence-electron chi connectivity index (χ0n) is 15.0. The Morgan fingerprint density at radius 2 is 1.92 bits per heavy atom. The van der Waals surface area contributed by atoms with Gasteiger partial charge in [-0.05, 0) is 31.5 Å². The first-order valence-electron chi connectivity index (χ1n) is 8.27. The maximum Gasteiger partial charge on any atom is 0.251 e. The molecule has 1 aliphatic rings. The van der Waals surface area contributed by atoms with Gasteiger partial charge in [-0.25, -0.2) is 16.8 Å². The van der Waals surface area contributed by atoms with E-state index in [0.29, 0.717) is 6.42 Å². The summed E-state index contributed by atoms with van der Waals surface area (Å²) in [5.74, 6) is -0.645. The molecule has 0 aromatic heterocycles. The van der Waals surface area contributed by atoms with Gasteiger partial charge >= 0.3 is 0 Å². The van der Waals surface area contributed by atoms with Gasteiger partial charge in [0.15, 0.2) is 9.84 Å². The minimum absolute atomic E-state index is 0.0198. The molecule has 0 aliphatic carbocycles. The summed E-state index contributed by atoms with van der Waals surface area (Å²) in [6.07, 6.45) is 0.319. The first-order valence-corrected chi connectivity index (χ1v) is 11.9. The molecule has 1 amide bonds. The van der Waals surface area contributed by atoms with Crippen LogP contribution in [0.3, 0.4) is 0 Å². The summed E-state index contributed by atoms with van der Waals surface area (Å²) in [4.78, 5) is 12.4. The van der Waals surface area contributed by atoms with Gasteiger partial charge in [0.25, 0.3) is 5.91 Å². The van der Waals surface area contributed by atoms with Gasteiger partial charge in [-0.2, -0.15) is 4.31 Å². The number of nitrogens with zero attached hydrogens (tertiary/aromatic N) is 1. The largest absolute Gasteiger partial charge is 0.346 e. The standard InChI is InChI=1S/C16H23ClN2O5S2/c1-4-19(5-2)26(23,24)14-10-12(6-7-13(14)17)15(20)18-16(3)8-9-25(21,22)11-16/h6-7,10H,4-5,8-9,11H2,1-3H3,(H,18,20). The van der Waals surface area contributed by atoms with E-state index in [1.54, 1.807) is 20.8 Å². The molecule has 1 aromatic rings. The predicted octanol–water partition coefficient (Wildman–Crippen LogP) is 1.68. The van der Waals surface area contributed by atoms with Gasteiger partial charge in [0.05, 0.1) is 22.1 Å². The van der Waals surface area contributed by atoms with Gasteiger partial charge in [-0.1, -0.05) is 25.4 Å². The molecule has 1 saturated heterocycles. The van der Waals surface area contributed by atoms with E-state index < -0.39 is 31.3 Å². The summed E-state index contributed by atoms with van der Waals surface area (Å²) >= 11 is 6.06. The Morgan fingerprint density at radius 1 is 1.31 bits per heavy atom. The molecule has 2 rings (SSSR count). The van der Waals surface area contributed by atoms with Crippen LogP contribution in [0.5, 0.6) is 0 Å². The van der Waals surface area contributed by atoms with E-state index in [2.05, 4.69) is 5.32 Å². The third-order valence-electron chi connectivity index (χ3n) is 4.44. The molecule has 1 aliphatic heterocycles. The fourth-order valence-electron chi connectivity index (χ4n) is 3.00. The average Bonchev–Trinajstić information content (AvgIpc) is 2.81. The number of benzene rings is 1. The molecule has 146 valence electrons. The molecule has 26 heavy (non-hydrogen) atoms. The Balaban J connectivity index is 2.34. The fraction of sp³-hybridized carbons (Fsp3) is 0.562. The SMILES string of the molecule is CCN(CC)S(=O)(=O)c1cc(C(=O)NC2(C)CCS(=O)(=O)C2)ccc1Cl. The van der Waals surface area contributed by atoms with E-state index in [1.807, 2.05) is 0 Å². The molecule has 1 fully saturated rings. The molecule has 7 nitrogen and oxygen atoms in total. The fourth-order valence-corrected chi connectivity index (χ4v) is 7.05. The Kier molecular flexibility index (Phi) is 6.06. The van der Waals surface area contributed by atoms with Gasteiger partial charge in [0.2, 0.25) is 10.0 Å². The van der Waals surface area contributed by atoms with E-state index >= 15 is 0 Å². The average molecular weight is 423 g/mol. The number of sulfone groups is 1. The number of hydrogen-bond acceptors (Lipinski definition) is 5. The maximum absolute atomic E-state index is 12.7. The van der Waals surface area contributed by atoms with Gasteiger partial charge in [0.1, 0.15) is 4.90 Å². The van der Waals surface area contributed by atoms with Crippen LogP contribution in [0.25, 0.3) is 0 Å². The van der Waals surface area contributed by atoms with E-state index in [-0.39, 0.29) is 40.1 Å². The number of nitrogens with one attached hydrogen (secondary N) is 1. The van der Waals surface area contributed by atoms with Crippen molar-refractivity contribution in [1.29, 1.82) is 0 Å². The van der Waals surface area contributed by atoms with Crippen LogP contribution < -0.4 is 5.32 Å². The van der Waals surface area contributed by atoms with Crippen LogP contribution in [0.4, 0.5) is 0 Å². The highest BCUT2D eigenvalue weighted by molar-refractivity contribution is 7.91. The monoisotopic (exact) mass is 422 g/mol. The zero-order valence-corrected chi connectivity index (χ0v) is 17.3. The second-order valence-electron chi connectivity index (χ2n) is 6.59. The molecule has 1 N–H and O–H groups in total. The zero-order chi connectivity index (χ0) is 19.8. The summed E-state index contributed by atoms with van der Waals surface area (Å²) in [6.45, 7) is 5.65. The summed E-state index contributed by atoms with van der Waals surface area (Å²) in [6, 6.07) is 4.02. The minimum Gasteiger partial charge on any atom is -0.346 e. The molecule has 0 spiro atoms. The molecular formula is C16H23ClN2O5S2. The number of carbonyl (C=O) groups is 1. The van der Waals surface area contributed by atoms with Crippen molar-refractivity contribution in [2.24, 2.45) is 0 Å². The molecule has 0 radical (unpaired) electrons. The normalized spacial score (nSPS) is 22.5. The summed E-state index contributed by atoms with van der Waals surface area (Å²) in [5.41, 5.74) is -0.751. The van der Waals surface area contributed by atoms with Crippen LogP contribution >= 0.6 is 11.6 Å². The quantitative estimate of drug-likeness (QED) is 0.751. The number of hydrogen-bond donors (Lipinski definition) is 1. The number of carbonyl (C=O) groups excluding carboxylic acids is 1. The molecule has 1 unspecified atom stereocenters. The summed E-state index contributed by atoms with van der Waals surface area (Å²) in [7, 11) is -7.00. The van der Waals surface area contributed by atoms with E-state index in [9.17, 15) is 21.6 Å². The van der Waals surface area contributed by atoms with Crippen molar-refractivity contribution in [3.05, 3.63) is 28.8 Å². The lowest BCUT2D eigenvalue weighted by molar-refractivity contribution is 0.0915. The van der Waals surface area contributed by atoms with Crippen molar-refractivity contribution in [3.8, 4) is 0 Å². The van der Waals surface area contributed by atoms with Gasteiger partial charge in [-0.3, -0.25) is 4.79 Å². The molecule has 0 saturated carbocycles. The van der Waals surface area contributed by atoms with Crippen molar-refractivity contribution >= 4 is 37.4 Å². The summed E-state index contributed by atoms with van der Waals surface area (Å²) in [5, 5.41) is 2.74. The van der Waals surface area contributed by atoms with Crippen LogP contribution in [0.2, 0.25) is 5.02 Å². The van der Waals surface area contributed by atoms with Crippen molar-refractivity contribution in [1.82, 2.24) is 9.62 Å². The Bertz CT molecular complexity index is 911. The lowest BCUT2D eigenvalue weighted by atomic mass is 10.0. The highest BCUT2D eigenvalue weighted by Crippen LogP contribution is 2.27. The Hall–Kier alpha value is -1.16. The topological polar surface area (TPSA) is 101 Å². The highest BCUT2D eigenvalue weighted by atomic mass is 35.5. The predicted molar refractivity (Wildman–Crippen MR) is 101 cm³/mol. The second-order valence-corrected chi connectivity index (χ2v) is 11.1. The van der Waals surface area contributed by atoms with Crippen LogP contribution in [-0.4, -0.2) is 57.2 Å². The number of rotatable bonds is 6. The highest BCUT2D eigenvalue weighted by Gasteiger charge is 2.39. The van der Waals surface area contributed by atoms with Crippen molar-refractivity contribution in [3.63, 3.8) is 0 Å². The second kappa shape index (κ2) is 7.46. The van der Waals surface area contributed by atoms with Gasteiger partial charge < -0.3 is 5.32 Å². The number of amides is 1. The lowest BCUT2D eigenvalue weighted by Gasteiger charge is -2.24. The molecule has 10 heteroatoms. The Morgan fingerprint density at radius 3 is 2.42 bits per heavy atom. The number of sulfonamides is 1. The van der Waals surface area contributed by atoms with E-state index in [1.165, 1.54) is 22.5 Å².